The highest BCUT2D eigenvalue weighted by atomic mass is 35.5. The minimum Gasteiger partial charge on any atom is -0.322 e. The lowest BCUT2D eigenvalue weighted by Crippen LogP contribution is -2.43. The van der Waals surface area contributed by atoms with Crippen LogP contribution in [-0.4, -0.2) is 28.5 Å². The summed E-state index contributed by atoms with van der Waals surface area (Å²) in [5, 5.41) is 3.23. The number of anilines is 1. The summed E-state index contributed by atoms with van der Waals surface area (Å²) in [6.45, 7) is 8.90. The molecule has 18 heavy (non-hydrogen) atoms. The summed E-state index contributed by atoms with van der Waals surface area (Å²) >= 11 is 5.70. The van der Waals surface area contributed by atoms with Crippen molar-refractivity contribution in [3.63, 3.8) is 0 Å². The Bertz CT molecular complexity index is 392. The first-order chi connectivity index (χ1) is 8.45. The number of hydrogen-bond acceptors (Lipinski definition) is 2. The van der Waals surface area contributed by atoms with Gasteiger partial charge in [0.05, 0.1) is 11.9 Å². The summed E-state index contributed by atoms with van der Waals surface area (Å²) in [6, 6.07) is 3.47. The van der Waals surface area contributed by atoms with Crippen LogP contribution in [0.2, 0.25) is 5.15 Å². The molecule has 0 radical (unpaired) electrons. The molecule has 4 nitrogen and oxygen atoms in total. The van der Waals surface area contributed by atoms with Crippen LogP contribution in [0.15, 0.2) is 18.3 Å². The van der Waals surface area contributed by atoms with E-state index in [1.165, 1.54) is 0 Å². The number of nitrogens with zero attached hydrogens (tertiary/aromatic N) is 2. The van der Waals surface area contributed by atoms with Gasteiger partial charge in [-0.25, -0.2) is 9.78 Å². The maximum absolute atomic E-state index is 12.1. The van der Waals surface area contributed by atoms with Gasteiger partial charge < -0.3 is 10.2 Å². The van der Waals surface area contributed by atoms with Crippen molar-refractivity contribution < 1.29 is 4.79 Å². The summed E-state index contributed by atoms with van der Waals surface area (Å²) in [5.74, 6) is 0.416. The molecule has 0 saturated carbocycles. The molecule has 0 spiro atoms. The maximum Gasteiger partial charge on any atom is 0.322 e. The van der Waals surface area contributed by atoms with E-state index in [0.717, 1.165) is 0 Å². The molecule has 0 aromatic carbocycles. The van der Waals surface area contributed by atoms with E-state index in [1.807, 2.05) is 13.8 Å². The van der Waals surface area contributed by atoms with Gasteiger partial charge in [-0.1, -0.05) is 25.4 Å². The minimum atomic E-state index is -0.108. The SMILES string of the molecule is CCN(C(=O)Nc1ccc(Cl)nc1)[C@H](C)C(C)C. The second kappa shape index (κ2) is 6.59. The summed E-state index contributed by atoms with van der Waals surface area (Å²) < 4.78 is 0. The molecule has 0 bridgehead atoms. The van der Waals surface area contributed by atoms with Crippen LogP contribution >= 0.6 is 11.6 Å². The number of rotatable bonds is 4. The van der Waals surface area contributed by atoms with Crippen LogP contribution in [0, 0.1) is 5.92 Å². The first-order valence-electron chi connectivity index (χ1n) is 6.14. The van der Waals surface area contributed by atoms with E-state index in [2.05, 4.69) is 24.1 Å². The second-order valence-electron chi connectivity index (χ2n) is 4.57. The number of carbonyl (C=O) groups excluding carboxylic acids is 1. The van der Waals surface area contributed by atoms with Crippen molar-refractivity contribution in [2.45, 2.75) is 33.7 Å². The van der Waals surface area contributed by atoms with Crippen molar-refractivity contribution in [2.75, 3.05) is 11.9 Å². The standard InChI is InChI=1S/C13H20ClN3O/c1-5-17(10(4)9(2)3)13(18)16-11-6-7-12(14)15-8-11/h6-10H,5H2,1-4H3,(H,16,18)/t10-/m1/s1. The number of hydrogen-bond donors (Lipinski definition) is 1. The summed E-state index contributed by atoms with van der Waals surface area (Å²) in [4.78, 5) is 17.9. The zero-order valence-electron chi connectivity index (χ0n) is 11.3. The zero-order chi connectivity index (χ0) is 13.7. The van der Waals surface area contributed by atoms with Gasteiger partial charge in [0.2, 0.25) is 0 Å². The predicted octanol–water partition coefficient (Wildman–Crippen LogP) is 3.63. The van der Waals surface area contributed by atoms with Gasteiger partial charge in [0, 0.05) is 12.6 Å². The predicted molar refractivity (Wildman–Crippen MR) is 74.9 cm³/mol. The molecular weight excluding hydrogens is 250 g/mol. The molecular formula is C13H20ClN3O. The fourth-order valence-corrected chi connectivity index (χ4v) is 1.73. The molecule has 100 valence electrons. The Morgan fingerprint density at radius 2 is 2.11 bits per heavy atom. The molecule has 1 heterocycles. The van der Waals surface area contributed by atoms with E-state index in [9.17, 15) is 4.79 Å². The Morgan fingerprint density at radius 3 is 2.56 bits per heavy atom. The van der Waals surface area contributed by atoms with E-state index in [-0.39, 0.29) is 12.1 Å². The van der Waals surface area contributed by atoms with Gasteiger partial charge in [0.25, 0.3) is 0 Å². The number of urea groups is 1. The van der Waals surface area contributed by atoms with Gasteiger partial charge >= 0.3 is 6.03 Å². The Balaban J connectivity index is 2.71. The maximum atomic E-state index is 12.1. The molecule has 1 rings (SSSR count). The number of carbonyl (C=O) groups is 1. The summed E-state index contributed by atoms with van der Waals surface area (Å²) in [6.07, 6.45) is 1.55. The number of halogens is 1. The lowest BCUT2D eigenvalue weighted by atomic mass is 10.1. The highest BCUT2D eigenvalue weighted by Crippen LogP contribution is 2.14. The van der Waals surface area contributed by atoms with Gasteiger partial charge in [0.1, 0.15) is 5.15 Å². The Hall–Kier alpha value is -1.29. The van der Waals surface area contributed by atoms with Crippen molar-refractivity contribution in [1.29, 1.82) is 0 Å². The molecule has 0 aliphatic heterocycles. The van der Waals surface area contributed by atoms with Gasteiger partial charge in [0.15, 0.2) is 0 Å². The quantitative estimate of drug-likeness (QED) is 0.849. The topological polar surface area (TPSA) is 45.2 Å². The normalized spacial score (nSPS) is 12.3. The van der Waals surface area contributed by atoms with E-state index in [1.54, 1.807) is 23.2 Å². The Morgan fingerprint density at radius 1 is 1.44 bits per heavy atom. The molecule has 1 aromatic rings. The van der Waals surface area contributed by atoms with Crippen molar-refractivity contribution in [3.8, 4) is 0 Å². The average Bonchev–Trinajstić information content (AvgIpc) is 2.32. The Kier molecular flexibility index (Phi) is 5.41. The van der Waals surface area contributed by atoms with E-state index in [0.29, 0.717) is 23.3 Å². The van der Waals surface area contributed by atoms with Gasteiger partial charge in [-0.3, -0.25) is 0 Å². The van der Waals surface area contributed by atoms with Crippen LogP contribution < -0.4 is 5.32 Å². The fraction of sp³-hybridized carbons (Fsp3) is 0.538. The highest BCUT2D eigenvalue weighted by molar-refractivity contribution is 6.29. The van der Waals surface area contributed by atoms with Crippen LogP contribution in [0.4, 0.5) is 10.5 Å². The molecule has 0 aliphatic rings. The third kappa shape index (κ3) is 3.88. The van der Waals surface area contributed by atoms with Crippen molar-refractivity contribution in [3.05, 3.63) is 23.5 Å². The third-order valence-electron chi connectivity index (χ3n) is 3.04. The van der Waals surface area contributed by atoms with Crippen molar-refractivity contribution in [2.24, 2.45) is 5.92 Å². The van der Waals surface area contributed by atoms with Gasteiger partial charge in [-0.05, 0) is 31.9 Å². The van der Waals surface area contributed by atoms with Crippen molar-refractivity contribution in [1.82, 2.24) is 9.88 Å². The monoisotopic (exact) mass is 269 g/mol. The number of pyridine rings is 1. The minimum absolute atomic E-state index is 0.108. The highest BCUT2D eigenvalue weighted by Gasteiger charge is 2.20. The van der Waals surface area contributed by atoms with Gasteiger partial charge in [-0.2, -0.15) is 0 Å². The van der Waals surface area contributed by atoms with Crippen LogP contribution in [-0.2, 0) is 0 Å². The van der Waals surface area contributed by atoms with E-state index in [4.69, 9.17) is 11.6 Å². The molecule has 1 atom stereocenters. The van der Waals surface area contributed by atoms with Gasteiger partial charge in [-0.15, -0.1) is 0 Å². The molecule has 5 heteroatoms. The average molecular weight is 270 g/mol. The molecule has 1 N–H and O–H groups in total. The number of amides is 2. The Labute approximate surface area is 113 Å². The lowest BCUT2D eigenvalue weighted by Gasteiger charge is -2.30. The molecule has 0 unspecified atom stereocenters. The number of aromatic nitrogens is 1. The summed E-state index contributed by atoms with van der Waals surface area (Å²) in [7, 11) is 0. The zero-order valence-corrected chi connectivity index (χ0v) is 12.0. The third-order valence-corrected chi connectivity index (χ3v) is 3.26. The molecule has 0 aliphatic carbocycles. The van der Waals surface area contributed by atoms with Crippen molar-refractivity contribution >= 4 is 23.3 Å². The first-order valence-corrected chi connectivity index (χ1v) is 6.52. The fourth-order valence-electron chi connectivity index (χ4n) is 1.62. The number of nitrogens with one attached hydrogen (secondary N) is 1. The van der Waals surface area contributed by atoms with E-state index < -0.39 is 0 Å². The summed E-state index contributed by atoms with van der Waals surface area (Å²) in [5.41, 5.74) is 0.652. The smallest absolute Gasteiger partial charge is 0.322 e. The van der Waals surface area contributed by atoms with Crippen LogP contribution in [0.25, 0.3) is 0 Å². The van der Waals surface area contributed by atoms with Crippen LogP contribution in [0.5, 0.6) is 0 Å². The second-order valence-corrected chi connectivity index (χ2v) is 4.96. The molecule has 0 fully saturated rings. The molecule has 1 aromatic heterocycles. The van der Waals surface area contributed by atoms with Crippen LogP contribution in [0.3, 0.4) is 0 Å². The van der Waals surface area contributed by atoms with Crippen LogP contribution in [0.1, 0.15) is 27.7 Å². The lowest BCUT2D eigenvalue weighted by molar-refractivity contribution is 0.179. The van der Waals surface area contributed by atoms with E-state index >= 15 is 0 Å². The largest absolute Gasteiger partial charge is 0.322 e. The molecule has 0 saturated heterocycles. The first kappa shape index (κ1) is 14.8. The molecule has 2 amide bonds.